The van der Waals surface area contributed by atoms with Crippen molar-refractivity contribution in [2.24, 2.45) is 28.6 Å². The van der Waals surface area contributed by atoms with Crippen molar-refractivity contribution < 1.29 is 28.5 Å². The monoisotopic (exact) mass is 468 g/mol. The van der Waals surface area contributed by atoms with Gasteiger partial charge in [0.05, 0.1) is 19.0 Å². The second kappa shape index (κ2) is 7.63. The summed E-state index contributed by atoms with van der Waals surface area (Å²) in [4.78, 5) is 13.7. The van der Waals surface area contributed by atoms with E-state index in [0.717, 1.165) is 25.7 Å². The van der Waals surface area contributed by atoms with Gasteiger partial charge in [0.2, 0.25) is 0 Å². The van der Waals surface area contributed by atoms with Crippen LogP contribution in [0.25, 0.3) is 0 Å². The molecule has 184 valence electrons. The van der Waals surface area contributed by atoms with Crippen molar-refractivity contribution in [3.05, 3.63) is 48.0 Å². The average molecular weight is 469 g/mol. The third-order valence-electron chi connectivity index (χ3n) is 9.98. The molecule has 1 aliphatic heterocycles. The van der Waals surface area contributed by atoms with E-state index >= 15 is 0 Å². The van der Waals surface area contributed by atoms with Crippen molar-refractivity contribution in [1.29, 1.82) is 0 Å². The molecule has 3 saturated carbocycles. The van der Waals surface area contributed by atoms with E-state index in [1.165, 1.54) is 5.57 Å². The van der Waals surface area contributed by atoms with Gasteiger partial charge in [0, 0.05) is 16.7 Å². The Labute approximate surface area is 201 Å². The number of hydrogen-bond acceptors (Lipinski definition) is 6. The Morgan fingerprint density at radius 2 is 2.12 bits per heavy atom. The molecule has 5 aliphatic rings. The third-order valence-corrected chi connectivity index (χ3v) is 9.98. The van der Waals surface area contributed by atoms with Crippen LogP contribution in [-0.4, -0.2) is 35.8 Å². The number of Topliss-reactive ketones (excluding diaryl/α,β-unsaturated/α-hetero) is 1. The quantitative estimate of drug-likeness (QED) is 0.637. The first kappa shape index (κ1) is 22.7. The van der Waals surface area contributed by atoms with Crippen molar-refractivity contribution in [2.45, 2.75) is 77.0 Å². The van der Waals surface area contributed by atoms with Gasteiger partial charge in [-0.05, 0) is 69.4 Å². The fourth-order valence-electron chi connectivity index (χ4n) is 8.58. The van der Waals surface area contributed by atoms with Gasteiger partial charge in [-0.25, -0.2) is 0 Å². The van der Waals surface area contributed by atoms with Crippen LogP contribution < -0.4 is 0 Å². The Morgan fingerprint density at radius 3 is 2.88 bits per heavy atom. The lowest BCUT2D eigenvalue weighted by Crippen LogP contribution is -2.67. The van der Waals surface area contributed by atoms with Crippen molar-refractivity contribution >= 4 is 5.78 Å². The van der Waals surface area contributed by atoms with Crippen LogP contribution in [0.4, 0.5) is 0 Å². The van der Waals surface area contributed by atoms with E-state index < -0.39 is 23.1 Å². The maximum absolute atomic E-state index is 13.7. The van der Waals surface area contributed by atoms with E-state index in [1.54, 1.807) is 18.4 Å². The Bertz CT molecular complexity index is 1030. The second-order valence-electron chi connectivity index (χ2n) is 11.3. The van der Waals surface area contributed by atoms with Crippen LogP contribution in [0.2, 0.25) is 0 Å². The maximum atomic E-state index is 13.7. The van der Waals surface area contributed by atoms with Crippen LogP contribution in [0.5, 0.6) is 0 Å². The Morgan fingerprint density at radius 1 is 1.26 bits per heavy atom. The smallest absolute Gasteiger partial charge is 0.347 e. The zero-order chi connectivity index (χ0) is 23.8. The van der Waals surface area contributed by atoms with Gasteiger partial charge < -0.3 is 23.7 Å². The van der Waals surface area contributed by atoms with Gasteiger partial charge in [0.15, 0.2) is 11.5 Å². The van der Waals surface area contributed by atoms with E-state index in [4.69, 9.17) is 18.6 Å². The highest BCUT2D eigenvalue weighted by molar-refractivity contribution is 5.90. The number of ether oxygens (including phenoxy) is 3. The minimum absolute atomic E-state index is 0.0507. The number of furan rings is 1. The van der Waals surface area contributed by atoms with E-state index in [0.29, 0.717) is 31.1 Å². The van der Waals surface area contributed by atoms with Crippen LogP contribution >= 0.6 is 0 Å². The van der Waals surface area contributed by atoms with Crippen LogP contribution in [-0.2, 0) is 25.0 Å². The fourth-order valence-corrected chi connectivity index (χ4v) is 8.58. The first-order chi connectivity index (χ1) is 16.3. The average Bonchev–Trinajstić information content (AvgIpc) is 3.44. The highest BCUT2D eigenvalue weighted by Gasteiger charge is 2.72. The molecule has 34 heavy (non-hydrogen) atoms. The maximum Gasteiger partial charge on any atom is 0.347 e. The van der Waals surface area contributed by atoms with E-state index in [9.17, 15) is 9.90 Å². The Kier molecular flexibility index (Phi) is 5.10. The van der Waals surface area contributed by atoms with Crippen LogP contribution in [0.15, 0.2) is 46.6 Å². The molecule has 6 nitrogen and oxygen atoms in total. The molecule has 4 fully saturated rings. The van der Waals surface area contributed by atoms with Gasteiger partial charge in [-0.15, -0.1) is 0 Å². The molecule has 7 unspecified atom stereocenters. The lowest BCUT2D eigenvalue weighted by atomic mass is 9.46. The van der Waals surface area contributed by atoms with E-state index in [-0.39, 0.29) is 29.6 Å². The summed E-state index contributed by atoms with van der Waals surface area (Å²) in [6, 6.07) is 3.54. The molecule has 0 bridgehead atoms. The highest BCUT2D eigenvalue weighted by atomic mass is 16.9. The summed E-state index contributed by atoms with van der Waals surface area (Å²) in [5, 5.41) is 11.7. The minimum Gasteiger partial charge on any atom is -0.461 e. The van der Waals surface area contributed by atoms with Crippen molar-refractivity contribution in [1.82, 2.24) is 0 Å². The molecule has 4 aliphatic carbocycles. The summed E-state index contributed by atoms with van der Waals surface area (Å²) in [5.41, 5.74) is -0.234. The largest absolute Gasteiger partial charge is 0.461 e. The molecule has 1 saturated heterocycles. The fraction of sp³-hybridized carbons (Fsp3) is 0.679. The molecule has 1 spiro atoms. The number of fused-ring (bicyclic) bond motifs is 6. The summed E-state index contributed by atoms with van der Waals surface area (Å²) in [6.45, 7) is 6.59. The molecule has 0 amide bonds. The molecule has 2 heterocycles. The predicted molar refractivity (Wildman–Crippen MR) is 124 cm³/mol. The molecule has 1 aromatic heterocycles. The van der Waals surface area contributed by atoms with Crippen molar-refractivity contribution in [2.75, 3.05) is 13.2 Å². The van der Waals surface area contributed by atoms with Gasteiger partial charge in [0.1, 0.15) is 12.2 Å². The normalized spacial score (nSPS) is 47.8. The lowest BCUT2D eigenvalue weighted by Gasteiger charge is -2.61. The topological polar surface area (TPSA) is 78.1 Å². The number of ketones is 1. The van der Waals surface area contributed by atoms with Crippen LogP contribution in [0.1, 0.15) is 65.1 Å². The summed E-state index contributed by atoms with van der Waals surface area (Å²) >= 11 is 0. The van der Waals surface area contributed by atoms with Crippen molar-refractivity contribution in [3.63, 3.8) is 0 Å². The second-order valence-corrected chi connectivity index (χ2v) is 11.3. The number of carbonyl (C=O) groups excluding carboxylic acids is 1. The van der Waals surface area contributed by atoms with E-state index in [1.807, 2.05) is 6.92 Å². The number of hydrogen-bond donors (Lipinski definition) is 1. The molecule has 1 N–H and O–H groups in total. The highest BCUT2D eigenvalue weighted by Crippen LogP contribution is 2.69. The summed E-state index contributed by atoms with van der Waals surface area (Å²) in [6.07, 6.45) is 13.1. The molecule has 8 atom stereocenters. The minimum atomic E-state index is -1.55. The molecular weight excluding hydrogens is 432 g/mol. The first-order valence-corrected chi connectivity index (χ1v) is 12.9. The molecule has 0 radical (unpaired) electrons. The SMILES string of the molecule is CCOC1(c2ccco2)OCC(=O)[C@@]2(CCC3C4CCC5=CCC=CC5(C)C4C(O)CC32C)O1. The Balaban J connectivity index is 1.40. The van der Waals surface area contributed by atoms with Gasteiger partial charge in [-0.3, -0.25) is 4.79 Å². The van der Waals surface area contributed by atoms with Crippen LogP contribution in [0, 0.1) is 28.6 Å². The lowest BCUT2D eigenvalue weighted by molar-refractivity contribution is -0.447. The van der Waals surface area contributed by atoms with E-state index in [2.05, 4.69) is 32.1 Å². The number of aliphatic hydroxyl groups is 1. The predicted octanol–water partition coefficient (Wildman–Crippen LogP) is 4.88. The standard InChI is InChI=1S/C28H36O6/c1-4-32-28(23-9-7-15-31-23)33-17-22(30)27(34-28)14-12-20-19-11-10-18-8-5-6-13-25(18,2)24(19)21(29)16-26(20,27)3/h6-9,13,15,19-21,24,29H,4-5,10-12,14,16-17H2,1-3H3/t19?,20?,21?,24?,25?,26?,27-,28?/m1/s1. The van der Waals surface area contributed by atoms with Crippen LogP contribution in [0.3, 0.4) is 0 Å². The number of rotatable bonds is 3. The third kappa shape index (κ3) is 2.80. The van der Waals surface area contributed by atoms with Gasteiger partial charge >= 0.3 is 5.97 Å². The van der Waals surface area contributed by atoms with Gasteiger partial charge in [-0.1, -0.05) is 37.6 Å². The number of allylic oxidation sites excluding steroid dienone is 4. The molecule has 6 heteroatoms. The molecule has 0 aromatic carbocycles. The van der Waals surface area contributed by atoms with Gasteiger partial charge in [-0.2, -0.15) is 0 Å². The first-order valence-electron chi connectivity index (χ1n) is 12.9. The number of carbonyl (C=O) groups is 1. The van der Waals surface area contributed by atoms with Crippen molar-refractivity contribution in [3.8, 4) is 0 Å². The zero-order valence-electron chi connectivity index (χ0n) is 20.4. The Hall–Kier alpha value is -1.73. The summed E-state index contributed by atoms with van der Waals surface area (Å²) in [5.74, 6) is -0.407. The summed E-state index contributed by atoms with van der Waals surface area (Å²) in [7, 11) is 0. The van der Waals surface area contributed by atoms with Gasteiger partial charge in [0.25, 0.3) is 0 Å². The molecular formula is C28H36O6. The zero-order valence-corrected chi connectivity index (χ0v) is 20.4. The number of aliphatic hydroxyl groups excluding tert-OH is 1. The summed E-state index contributed by atoms with van der Waals surface area (Å²) < 4.78 is 24.3. The molecule has 6 rings (SSSR count). The molecule has 1 aromatic rings.